The van der Waals surface area contributed by atoms with Gasteiger partial charge in [-0.05, 0) is 31.2 Å². The highest BCUT2D eigenvalue weighted by atomic mass is 32.2. The molecule has 0 atom stereocenters. The number of ether oxygens (including phenoxy) is 1. The minimum absolute atomic E-state index is 0.267. The Morgan fingerprint density at radius 3 is 2.55 bits per heavy atom. The van der Waals surface area contributed by atoms with Crippen molar-refractivity contribution < 1.29 is 30.5 Å². The Morgan fingerprint density at radius 2 is 1.90 bits per heavy atom. The molecule has 0 aliphatic heterocycles. The minimum Gasteiger partial charge on any atom is -0.490 e. The molecule has 0 radical (unpaired) electrons. The smallest absolute Gasteiger partial charge is 0.419 e. The van der Waals surface area contributed by atoms with Gasteiger partial charge in [-0.1, -0.05) is 0 Å². The quantitative estimate of drug-likeness (QED) is 0.442. The van der Waals surface area contributed by atoms with E-state index in [2.05, 4.69) is 14.2 Å². The molecule has 1 aromatic carbocycles. The molecule has 0 N–H and O–H groups in total. The number of fused-ring (bicyclic) bond motifs is 1. The first-order chi connectivity index (χ1) is 13.5. The van der Waals surface area contributed by atoms with Crippen molar-refractivity contribution in [2.45, 2.75) is 13.1 Å². The molecular formula is C18H18F3N3O4S. The van der Waals surface area contributed by atoms with Crippen molar-refractivity contribution in [2.75, 3.05) is 19.5 Å². The van der Waals surface area contributed by atoms with Gasteiger partial charge in [0.1, 0.15) is 24.5 Å². The Hall–Kier alpha value is -2.66. The van der Waals surface area contributed by atoms with Crippen molar-refractivity contribution in [2.24, 2.45) is 7.05 Å². The van der Waals surface area contributed by atoms with E-state index in [4.69, 9.17) is 4.74 Å². The SMILES string of the molecule is Cc1nc(-c2ccc(OCCOS(C)(=O)=O)c(C(F)(F)F)c2)cc2c1ncn2C. The van der Waals surface area contributed by atoms with E-state index in [0.29, 0.717) is 16.9 Å². The Bertz CT molecular complexity index is 1160. The zero-order valence-corrected chi connectivity index (χ0v) is 16.6. The normalized spacial score (nSPS) is 12.5. The summed E-state index contributed by atoms with van der Waals surface area (Å²) in [5.41, 5.74) is 1.68. The highest BCUT2D eigenvalue weighted by molar-refractivity contribution is 7.85. The average molecular weight is 429 g/mol. The van der Waals surface area contributed by atoms with Gasteiger partial charge in [-0.3, -0.25) is 9.17 Å². The van der Waals surface area contributed by atoms with Crippen LogP contribution in [0.3, 0.4) is 0 Å². The number of hydrogen-bond donors (Lipinski definition) is 0. The van der Waals surface area contributed by atoms with Crippen LogP contribution in [0.1, 0.15) is 11.3 Å². The summed E-state index contributed by atoms with van der Waals surface area (Å²) >= 11 is 0. The molecule has 0 unspecified atom stereocenters. The monoisotopic (exact) mass is 429 g/mol. The molecule has 0 amide bonds. The summed E-state index contributed by atoms with van der Waals surface area (Å²) in [6.45, 7) is 0.992. The Labute approximate surface area is 165 Å². The fourth-order valence-corrected chi connectivity index (χ4v) is 3.18. The molecule has 11 heteroatoms. The number of aryl methyl sites for hydroxylation is 2. The van der Waals surface area contributed by atoms with Gasteiger partial charge in [0.2, 0.25) is 0 Å². The van der Waals surface area contributed by atoms with Gasteiger partial charge >= 0.3 is 6.18 Å². The maximum Gasteiger partial charge on any atom is 0.419 e. The highest BCUT2D eigenvalue weighted by Gasteiger charge is 2.35. The first kappa shape index (κ1) is 21.1. The van der Waals surface area contributed by atoms with E-state index in [9.17, 15) is 21.6 Å². The lowest BCUT2D eigenvalue weighted by molar-refractivity contribution is -0.139. The molecule has 3 aromatic rings. The summed E-state index contributed by atoms with van der Waals surface area (Å²) in [7, 11) is -1.91. The summed E-state index contributed by atoms with van der Waals surface area (Å²) in [5, 5.41) is 0. The number of halogens is 3. The molecule has 0 aliphatic carbocycles. The van der Waals surface area contributed by atoms with E-state index in [0.717, 1.165) is 17.8 Å². The van der Waals surface area contributed by atoms with Crippen LogP contribution in [0.4, 0.5) is 13.2 Å². The van der Waals surface area contributed by atoms with E-state index < -0.39 is 34.2 Å². The summed E-state index contributed by atoms with van der Waals surface area (Å²) < 4.78 is 73.8. The summed E-state index contributed by atoms with van der Waals surface area (Å²) in [6.07, 6.45) is -2.22. The maximum absolute atomic E-state index is 13.5. The zero-order valence-electron chi connectivity index (χ0n) is 15.8. The number of rotatable bonds is 6. The third kappa shape index (κ3) is 4.85. The third-order valence-corrected chi connectivity index (χ3v) is 4.70. The number of hydrogen-bond acceptors (Lipinski definition) is 6. The van der Waals surface area contributed by atoms with Crippen molar-refractivity contribution in [1.29, 1.82) is 0 Å². The van der Waals surface area contributed by atoms with Gasteiger partial charge in [-0.2, -0.15) is 21.6 Å². The van der Waals surface area contributed by atoms with Gasteiger partial charge in [-0.25, -0.2) is 4.98 Å². The molecular weight excluding hydrogens is 411 g/mol. The lowest BCUT2D eigenvalue weighted by Gasteiger charge is -2.15. The van der Waals surface area contributed by atoms with Crippen LogP contribution in [0.5, 0.6) is 5.75 Å². The van der Waals surface area contributed by atoms with Gasteiger partial charge in [-0.15, -0.1) is 0 Å². The van der Waals surface area contributed by atoms with Gasteiger partial charge in [0.05, 0.1) is 35.1 Å². The van der Waals surface area contributed by atoms with Crippen LogP contribution in [0.2, 0.25) is 0 Å². The summed E-state index contributed by atoms with van der Waals surface area (Å²) in [6, 6.07) is 5.27. The van der Waals surface area contributed by atoms with Crippen LogP contribution < -0.4 is 4.74 Å². The minimum atomic E-state index is -4.67. The molecule has 7 nitrogen and oxygen atoms in total. The van der Waals surface area contributed by atoms with Crippen LogP contribution >= 0.6 is 0 Å². The molecule has 29 heavy (non-hydrogen) atoms. The van der Waals surface area contributed by atoms with E-state index in [1.807, 2.05) is 0 Å². The second kappa shape index (κ2) is 7.64. The molecule has 2 aromatic heterocycles. The van der Waals surface area contributed by atoms with Crippen LogP contribution in [-0.4, -0.2) is 42.4 Å². The number of nitrogens with zero attached hydrogens (tertiary/aromatic N) is 3. The number of alkyl halides is 3. The predicted molar refractivity (Wildman–Crippen MR) is 100.0 cm³/mol. The largest absolute Gasteiger partial charge is 0.490 e. The Kier molecular flexibility index (Phi) is 5.54. The lowest BCUT2D eigenvalue weighted by atomic mass is 10.1. The topological polar surface area (TPSA) is 83.3 Å². The third-order valence-electron chi connectivity index (χ3n) is 4.11. The Balaban J connectivity index is 1.95. The molecule has 2 heterocycles. The van der Waals surface area contributed by atoms with Gasteiger partial charge in [0.15, 0.2) is 0 Å². The van der Waals surface area contributed by atoms with E-state index in [1.54, 1.807) is 30.9 Å². The molecule has 156 valence electrons. The highest BCUT2D eigenvalue weighted by Crippen LogP contribution is 2.39. The number of benzene rings is 1. The summed E-state index contributed by atoms with van der Waals surface area (Å²) in [5.74, 6) is -0.420. The molecule has 0 spiro atoms. The lowest BCUT2D eigenvalue weighted by Crippen LogP contribution is -2.14. The number of imidazole rings is 1. The van der Waals surface area contributed by atoms with Crippen molar-refractivity contribution in [3.8, 4) is 17.0 Å². The second-order valence-corrected chi connectivity index (χ2v) is 8.04. The molecule has 3 rings (SSSR count). The first-order valence-corrected chi connectivity index (χ1v) is 10.2. The summed E-state index contributed by atoms with van der Waals surface area (Å²) in [4.78, 5) is 8.60. The van der Waals surface area contributed by atoms with Crippen LogP contribution in [0, 0.1) is 6.92 Å². The van der Waals surface area contributed by atoms with Crippen molar-refractivity contribution in [3.05, 3.63) is 41.9 Å². The van der Waals surface area contributed by atoms with Gasteiger partial charge in [0.25, 0.3) is 10.1 Å². The van der Waals surface area contributed by atoms with Crippen LogP contribution in [0.15, 0.2) is 30.6 Å². The molecule has 0 bridgehead atoms. The fraction of sp³-hybridized carbons (Fsp3) is 0.333. The van der Waals surface area contributed by atoms with Crippen molar-refractivity contribution in [3.63, 3.8) is 0 Å². The molecule has 0 fully saturated rings. The fourth-order valence-electron chi connectivity index (χ4n) is 2.81. The second-order valence-electron chi connectivity index (χ2n) is 6.40. The molecule has 0 saturated carbocycles. The average Bonchev–Trinajstić information content (AvgIpc) is 2.99. The van der Waals surface area contributed by atoms with Crippen LogP contribution in [-0.2, 0) is 27.5 Å². The molecule has 0 saturated heterocycles. The maximum atomic E-state index is 13.5. The number of aromatic nitrogens is 3. The predicted octanol–water partition coefficient (Wildman–Crippen LogP) is 3.32. The van der Waals surface area contributed by atoms with E-state index in [-0.39, 0.29) is 12.2 Å². The van der Waals surface area contributed by atoms with Crippen molar-refractivity contribution in [1.82, 2.24) is 14.5 Å². The van der Waals surface area contributed by atoms with E-state index in [1.165, 1.54) is 12.1 Å². The van der Waals surface area contributed by atoms with E-state index >= 15 is 0 Å². The van der Waals surface area contributed by atoms with Crippen molar-refractivity contribution >= 4 is 21.2 Å². The zero-order chi connectivity index (χ0) is 21.4. The van der Waals surface area contributed by atoms with Gasteiger partial charge in [0, 0.05) is 12.6 Å². The Morgan fingerprint density at radius 1 is 1.17 bits per heavy atom. The number of pyridine rings is 1. The standard InChI is InChI=1S/C18H18F3N3O4S/c1-11-17-15(24(2)10-22-17)9-14(23-11)12-4-5-16(13(8-12)18(19,20)21)27-6-7-28-29(3,25)26/h4-5,8-10H,6-7H2,1-3H3. The molecule has 0 aliphatic rings. The van der Waals surface area contributed by atoms with Crippen LogP contribution in [0.25, 0.3) is 22.3 Å². The van der Waals surface area contributed by atoms with Gasteiger partial charge < -0.3 is 9.30 Å². The first-order valence-electron chi connectivity index (χ1n) is 8.43.